The van der Waals surface area contributed by atoms with Crippen molar-refractivity contribution in [2.45, 2.75) is 6.04 Å². The first-order valence-corrected chi connectivity index (χ1v) is 6.45. The molecule has 0 amide bonds. The SMILES string of the molecule is O=C(O)C(CO)N1CCNCCNCCNCC1. The molecule has 1 aliphatic rings. The van der Waals surface area contributed by atoms with Crippen LogP contribution in [0.15, 0.2) is 0 Å². The highest BCUT2D eigenvalue weighted by molar-refractivity contribution is 5.73. The quantitative estimate of drug-likeness (QED) is 0.383. The monoisotopic (exact) mass is 260 g/mol. The van der Waals surface area contributed by atoms with E-state index in [2.05, 4.69) is 16.0 Å². The van der Waals surface area contributed by atoms with Crippen molar-refractivity contribution >= 4 is 5.97 Å². The Morgan fingerprint density at radius 2 is 1.44 bits per heavy atom. The summed E-state index contributed by atoms with van der Waals surface area (Å²) in [5.41, 5.74) is 0. The third-order valence-electron chi connectivity index (χ3n) is 3.01. The molecule has 1 fully saturated rings. The highest BCUT2D eigenvalue weighted by atomic mass is 16.4. The van der Waals surface area contributed by atoms with Gasteiger partial charge in [-0.2, -0.15) is 0 Å². The molecule has 1 heterocycles. The highest BCUT2D eigenvalue weighted by Gasteiger charge is 2.23. The van der Waals surface area contributed by atoms with Crippen LogP contribution in [0, 0.1) is 0 Å². The molecule has 7 heteroatoms. The van der Waals surface area contributed by atoms with Crippen LogP contribution >= 0.6 is 0 Å². The van der Waals surface area contributed by atoms with E-state index in [4.69, 9.17) is 10.2 Å². The van der Waals surface area contributed by atoms with Crippen LogP contribution in [0.5, 0.6) is 0 Å². The van der Waals surface area contributed by atoms with Crippen molar-refractivity contribution in [1.29, 1.82) is 0 Å². The zero-order valence-electron chi connectivity index (χ0n) is 10.7. The van der Waals surface area contributed by atoms with Gasteiger partial charge in [0.1, 0.15) is 6.04 Å². The van der Waals surface area contributed by atoms with Gasteiger partial charge in [0.25, 0.3) is 0 Å². The number of carbonyl (C=O) groups is 1. The van der Waals surface area contributed by atoms with Gasteiger partial charge in [0, 0.05) is 52.4 Å². The first kappa shape index (κ1) is 15.3. The lowest BCUT2D eigenvalue weighted by molar-refractivity contribution is -0.144. The van der Waals surface area contributed by atoms with E-state index < -0.39 is 12.0 Å². The summed E-state index contributed by atoms with van der Waals surface area (Å²) in [5.74, 6) is -0.966. The lowest BCUT2D eigenvalue weighted by Crippen LogP contribution is -2.50. The van der Waals surface area contributed by atoms with Crippen LogP contribution in [-0.4, -0.2) is 86.1 Å². The van der Waals surface area contributed by atoms with Crippen LogP contribution in [0.1, 0.15) is 0 Å². The molecule has 1 unspecified atom stereocenters. The summed E-state index contributed by atoms with van der Waals surface area (Å²) in [5, 5.41) is 28.0. The maximum atomic E-state index is 11.1. The van der Waals surface area contributed by atoms with E-state index in [1.54, 1.807) is 4.90 Å². The fraction of sp³-hybridized carbons (Fsp3) is 0.909. The van der Waals surface area contributed by atoms with Crippen molar-refractivity contribution < 1.29 is 15.0 Å². The average Bonchev–Trinajstić information content (AvgIpc) is 2.32. The molecule has 0 aromatic heterocycles. The van der Waals surface area contributed by atoms with E-state index in [1.807, 2.05) is 0 Å². The molecule has 7 nitrogen and oxygen atoms in total. The molecular weight excluding hydrogens is 236 g/mol. The van der Waals surface area contributed by atoms with Gasteiger partial charge in [-0.25, -0.2) is 0 Å². The zero-order chi connectivity index (χ0) is 13.2. The Morgan fingerprint density at radius 3 is 1.83 bits per heavy atom. The van der Waals surface area contributed by atoms with Gasteiger partial charge in [-0.1, -0.05) is 0 Å². The van der Waals surface area contributed by atoms with Gasteiger partial charge in [-0.05, 0) is 0 Å². The molecule has 0 spiro atoms. The first-order chi connectivity index (χ1) is 8.75. The second-order valence-corrected chi connectivity index (χ2v) is 4.32. The molecule has 1 saturated heterocycles. The van der Waals surface area contributed by atoms with E-state index in [1.165, 1.54) is 0 Å². The Morgan fingerprint density at radius 1 is 1.00 bits per heavy atom. The smallest absolute Gasteiger partial charge is 0.323 e. The van der Waals surface area contributed by atoms with Crippen molar-refractivity contribution in [1.82, 2.24) is 20.9 Å². The summed E-state index contributed by atoms with van der Waals surface area (Å²) in [4.78, 5) is 12.9. The van der Waals surface area contributed by atoms with Gasteiger partial charge in [0.15, 0.2) is 0 Å². The fourth-order valence-electron chi connectivity index (χ4n) is 1.95. The molecule has 1 rings (SSSR count). The predicted octanol–water partition coefficient (Wildman–Crippen LogP) is -2.48. The van der Waals surface area contributed by atoms with Crippen LogP contribution in [-0.2, 0) is 4.79 Å². The van der Waals surface area contributed by atoms with Gasteiger partial charge in [0.2, 0.25) is 0 Å². The molecule has 1 aliphatic heterocycles. The Kier molecular flexibility index (Phi) is 7.86. The van der Waals surface area contributed by atoms with Crippen LogP contribution in [0.2, 0.25) is 0 Å². The zero-order valence-corrected chi connectivity index (χ0v) is 10.7. The third kappa shape index (κ3) is 5.74. The molecule has 0 aliphatic carbocycles. The molecule has 0 saturated carbocycles. The molecule has 5 N–H and O–H groups in total. The number of aliphatic hydroxyl groups excluding tert-OH is 1. The number of nitrogens with zero attached hydrogens (tertiary/aromatic N) is 1. The Bertz CT molecular complexity index is 228. The largest absolute Gasteiger partial charge is 0.480 e. The summed E-state index contributed by atoms with van der Waals surface area (Å²) in [7, 11) is 0. The molecule has 106 valence electrons. The minimum Gasteiger partial charge on any atom is -0.480 e. The number of aliphatic hydroxyl groups is 1. The number of aliphatic carboxylic acids is 1. The Labute approximate surface area is 108 Å². The molecule has 18 heavy (non-hydrogen) atoms. The van der Waals surface area contributed by atoms with Crippen LogP contribution < -0.4 is 16.0 Å². The van der Waals surface area contributed by atoms with Crippen LogP contribution in [0.3, 0.4) is 0 Å². The summed E-state index contributed by atoms with van der Waals surface area (Å²) < 4.78 is 0. The minimum atomic E-state index is -0.966. The normalized spacial score (nSPS) is 22.7. The number of hydrogen-bond acceptors (Lipinski definition) is 6. The Hall–Kier alpha value is -0.730. The van der Waals surface area contributed by atoms with Gasteiger partial charge in [-0.15, -0.1) is 0 Å². The number of rotatable bonds is 3. The molecule has 0 radical (unpaired) electrons. The molecule has 1 atom stereocenters. The molecule has 0 bridgehead atoms. The average molecular weight is 260 g/mol. The van der Waals surface area contributed by atoms with Gasteiger partial charge < -0.3 is 26.2 Å². The van der Waals surface area contributed by atoms with E-state index >= 15 is 0 Å². The maximum absolute atomic E-state index is 11.1. The fourth-order valence-corrected chi connectivity index (χ4v) is 1.95. The predicted molar refractivity (Wildman–Crippen MR) is 68.7 cm³/mol. The van der Waals surface area contributed by atoms with Gasteiger partial charge >= 0.3 is 5.97 Å². The highest BCUT2D eigenvalue weighted by Crippen LogP contribution is 1.98. The van der Waals surface area contributed by atoms with E-state index in [0.29, 0.717) is 13.1 Å². The molecular formula is C11H24N4O3. The lowest BCUT2D eigenvalue weighted by Gasteiger charge is -2.28. The summed E-state index contributed by atoms with van der Waals surface area (Å²) in [6.07, 6.45) is 0. The summed E-state index contributed by atoms with van der Waals surface area (Å²) in [6, 6.07) is -0.810. The number of nitrogens with one attached hydrogen (secondary N) is 3. The number of hydrogen-bond donors (Lipinski definition) is 5. The third-order valence-corrected chi connectivity index (χ3v) is 3.01. The number of carboxylic acid groups (broad SMARTS) is 1. The second kappa shape index (κ2) is 9.23. The van der Waals surface area contributed by atoms with E-state index in [9.17, 15) is 4.79 Å². The molecule has 0 aromatic rings. The van der Waals surface area contributed by atoms with Crippen molar-refractivity contribution in [3.63, 3.8) is 0 Å². The summed E-state index contributed by atoms with van der Waals surface area (Å²) >= 11 is 0. The van der Waals surface area contributed by atoms with Gasteiger partial charge in [0.05, 0.1) is 6.61 Å². The van der Waals surface area contributed by atoms with Gasteiger partial charge in [-0.3, -0.25) is 9.69 Å². The standard InChI is InChI=1S/C11H24N4O3/c16-9-10(11(17)18)15-7-5-13-3-1-12-2-4-14-6-8-15/h10,12-14,16H,1-9H2,(H,17,18). The van der Waals surface area contributed by atoms with Crippen LogP contribution in [0.4, 0.5) is 0 Å². The topological polar surface area (TPSA) is 96.9 Å². The molecule has 0 aromatic carbocycles. The Balaban J connectivity index is 2.47. The minimum absolute atomic E-state index is 0.350. The second-order valence-electron chi connectivity index (χ2n) is 4.32. The van der Waals surface area contributed by atoms with Crippen molar-refractivity contribution in [2.24, 2.45) is 0 Å². The van der Waals surface area contributed by atoms with E-state index in [-0.39, 0.29) is 6.61 Å². The first-order valence-electron chi connectivity index (χ1n) is 6.45. The van der Waals surface area contributed by atoms with Crippen molar-refractivity contribution in [3.8, 4) is 0 Å². The summed E-state index contributed by atoms with van der Waals surface area (Å²) in [6.45, 7) is 5.90. The number of carboxylic acids is 1. The van der Waals surface area contributed by atoms with Crippen LogP contribution in [0.25, 0.3) is 0 Å². The van der Waals surface area contributed by atoms with Crippen molar-refractivity contribution in [2.75, 3.05) is 59.0 Å². The lowest BCUT2D eigenvalue weighted by atomic mass is 10.2. The van der Waals surface area contributed by atoms with Crippen molar-refractivity contribution in [3.05, 3.63) is 0 Å². The maximum Gasteiger partial charge on any atom is 0.323 e. The van der Waals surface area contributed by atoms with E-state index in [0.717, 1.165) is 39.3 Å².